The largest absolute Gasteiger partial charge is 0.350 e. The number of H-pyrrole nitrogens is 1. The zero-order chi connectivity index (χ0) is 17.9. The van der Waals surface area contributed by atoms with Crippen LogP contribution in [-0.4, -0.2) is 28.3 Å². The second kappa shape index (κ2) is 6.84. The Morgan fingerprint density at radius 2 is 2.00 bits per heavy atom. The molecular weight excluding hydrogens is 328 g/mol. The Balaban J connectivity index is 1.65. The predicted molar refractivity (Wildman–Crippen MR) is 99.3 cm³/mol. The number of rotatable bonds is 3. The molecule has 0 aliphatic carbocycles. The van der Waals surface area contributed by atoms with Crippen LogP contribution in [0, 0.1) is 0 Å². The molecule has 130 valence electrons. The van der Waals surface area contributed by atoms with Gasteiger partial charge in [-0.05, 0) is 35.8 Å². The minimum absolute atomic E-state index is 0.142. The molecule has 1 aromatic carbocycles. The molecule has 1 aliphatic rings. The Kier molecular flexibility index (Phi) is 4.23. The summed E-state index contributed by atoms with van der Waals surface area (Å²) in [6.45, 7) is 0.933. The van der Waals surface area contributed by atoms with Gasteiger partial charge in [0.25, 0.3) is 5.91 Å². The monoisotopic (exact) mass is 346 g/mol. The molecule has 0 bridgehead atoms. The molecule has 1 aliphatic heterocycles. The number of aromatic amines is 1. The highest BCUT2D eigenvalue weighted by Crippen LogP contribution is 2.32. The van der Waals surface area contributed by atoms with Gasteiger partial charge in [-0.25, -0.2) is 0 Å². The van der Waals surface area contributed by atoms with Gasteiger partial charge >= 0.3 is 0 Å². The lowest BCUT2D eigenvalue weighted by Crippen LogP contribution is -2.23. The normalized spacial score (nSPS) is 15.4. The summed E-state index contributed by atoms with van der Waals surface area (Å²) in [5, 5.41) is 6.71. The van der Waals surface area contributed by atoms with Gasteiger partial charge in [0, 0.05) is 48.0 Å². The average Bonchev–Trinajstić information content (AvgIpc) is 2.99. The first-order chi connectivity index (χ1) is 12.7. The molecule has 0 radical (unpaired) electrons. The number of fused-ring (bicyclic) bond motifs is 3. The lowest BCUT2D eigenvalue weighted by Gasteiger charge is -2.06. The maximum Gasteiger partial charge on any atom is 0.268 e. The number of pyridine rings is 1. The van der Waals surface area contributed by atoms with E-state index in [1.165, 1.54) is 0 Å². The van der Waals surface area contributed by atoms with E-state index >= 15 is 0 Å². The van der Waals surface area contributed by atoms with Crippen molar-refractivity contribution in [3.63, 3.8) is 0 Å². The van der Waals surface area contributed by atoms with Crippen LogP contribution in [0.2, 0.25) is 0 Å². The van der Waals surface area contributed by atoms with E-state index in [9.17, 15) is 9.59 Å². The highest BCUT2D eigenvalue weighted by atomic mass is 16.2. The molecule has 6 nitrogen and oxygen atoms in total. The fraction of sp³-hybridized carbons (Fsp3) is 0.150. The van der Waals surface area contributed by atoms with E-state index in [2.05, 4.69) is 20.6 Å². The van der Waals surface area contributed by atoms with Gasteiger partial charge in [-0.3, -0.25) is 14.6 Å². The van der Waals surface area contributed by atoms with Crippen LogP contribution in [-0.2, 0) is 11.3 Å². The third-order valence-corrected chi connectivity index (χ3v) is 4.46. The molecule has 26 heavy (non-hydrogen) atoms. The number of carbonyl (C=O) groups is 2. The van der Waals surface area contributed by atoms with Crippen molar-refractivity contribution in [3.8, 4) is 0 Å². The van der Waals surface area contributed by atoms with Gasteiger partial charge in [-0.1, -0.05) is 18.2 Å². The third kappa shape index (κ3) is 3.09. The van der Waals surface area contributed by atoms with Crippen molar-refractivity contribution < 1.29 is 9.59 Å². The quantitative estimate of drug-likeness (QED) is 0.637. The number of para-hydroxylation sites is 1. The van der Waals surface area contributed by atoms with Gasteiger partial charge in [-0.15, -0.1) is 0 Å². The molecule has 3 heterocycles. The summed E-state index contributed by atoms with van der Waals surface area (Å²) < 4.78 is 0. The van der Waals surface area contributed by atoms with Crippen LogP contribution < -0.4 is 10.6 Å². The maximum atomic E-state index is 12.4. The predicted octanol–water partition coefficient (Wildman–Crippen LogP) is 2.40. The number of nitrogens with zero attached hydrogens (tertiary/aromatic N) is 1. The van der Waals surface area contributed by atoms with Gasteiger partial charge in [-0.2, -0.15) is 0 Å². The van der Waals surface area contributed by atoms with E-state index in [4.69, 9.17) is 0 Å². The molecule has 4 rings (SSSR count). The Hall–Kier alpha value is -3.41. The van der Waals surface area contributed by atoms with Crippen molar-refractivity contribution in [2.24, 2.45) is 0 Å². The van der Waals surface area contributed by atoms with Crippen molar-refractivity contribution in [2.45, 2.75) is 13.0 Å². The zero-order valence-electron chi connectivity index (χ0n) is 14.1. The maximum absolute atomic E-state index is 12.4. The summed E-state index contributed by atoms with van der Waals surface area (Å²) in [4.78, 5) is 31.9. The summed E-state index contributed by atoms with van der Waals surface area (Å²) >= 11 is 0. The van der Waals surface area contributed by atoms with Gasteiger partial charge in [0.15, 0.2) is 0 Å². The second-order valence-electron chi connectivity index (χ2n) is 6.17. The highest BCUT2D eigenvalue weighted by molar-refractivity contribution is 6.10. The standard InChI is InChI=1S/C20H18N4O2/c25-17(23-12-13-5-8-21-9-6-13)11-14-7-10-22-20(26)19-18(14)15-3-1-2-4-16(15)24-19/h1-6,8-9,11,24H,7,10,12H2,(H,22,26)(H,23,25)/b14-11+. The Bertz CT molecular complexity index is 1010. The molecule has 6 heteroatoms. The number of benzene rings is 1. The van der Waals surface area contributed by atoms with Crippen LogP contribution in [0.1, 0.15) is 28.0 Å². The van der Waals surface area contributed by atoms with Crippen LogP contribution >= 0.6 is 0 Å². The number of hydrogen-bond donors (Lipinski definition) is 3. The Morgan fingerprint density at radius 3 is 2.85 bits per heavy atom. The van der Waals surface area contributed by atoms with Crippen molar-refractivity contribution >= 4 is 28.3 Å². The van der Waals surface area contributed by atoms with E-state index in [0.29, 0.717) is 25.2 Å². The summed E-state index contributed by atoms with van der Waals surface area (Å²) in [7, 11) is 0. The Labute approximate surface area is 150 Å². The summed E-state index contributed by atoms with van der Waals surface area (Å²) in [5.74, 6) is -0.320. The SMILES string of the molecule is O=C(/C=C1\CCNC(=O)c2[nH]c3ccccc3c21)NCc1ccncc1. The van der Waals surface area contributed by atoms with Crippen LogP contribution in [0.15, 0.2) is 54.9 Å². The number of aromatic nitrogens is 2. The van der Waals surface area contributed by atoms with Crippen LogP contribution in [0.5, 0.6) is 0 Å². The topological polar surface area (TPSA) is 86.9 Å². The van der Waals surface area contributed by atoms with E-state index in [1.807, 2.05) is 36.4 Å². The fourth-order valence-corrected chi connectivity index (χ4v) is 3.21. The first-order valence-electron chi connectivity index (χ1n) is 8.49. The van der Waals surface area contributed by atoms with E-state index in [1.54, 1.807) is 18.5 Å². The fourth-order valence-electron chi connectivity index (χ4n) is 3.21. The lowest BCUT2D eigenvalue weighted by molar-refractivity contribution is -0.116. The average molecular weight is 346 g/mol. The number of hydrogen-bond acceptors (Lipinski definition) is 3. The molecule has 2 aromatic heterocycles. The molecule has 2 amide bonds. The molecule has 0 fully saturated rings. The van der Waals surface area contributed by atoms with Crippen molar-refractivity contribution in [3.05, 3.63) is 71.7 Å². The van der Waals surface area contributed by atoms with Crippen LogP contribution in [0.3, 0.4) is 0 Å². The van der Waals surface area contributed by atoms with Gasteiger partial charge < -0.3 is 15.6 Å². The van der Waals surface area contributed by atoms with Crippen molar-refractivity contribution in [1.82, 2.24) is 20.6 Å². The summed E-state index contributed by atoms with van der Waals surface area (Å²) in [6, 6.07) is 11.5. The van der Waals surface area contributed by atoms with Gasteiger partial charge in [0.05, 0.1) is 0 Å². The number of carbonyl (C=O) groups excluding carboxylic acids is 2. The van der Waals surface area contributed by atoms with Crippen molar-refractivity contribution in [1.29, 1.82) is 0 Å². The minimum Gasteiger partial charge on any atom is -0.350 e. The number of nitrogens with one attached hydrogen (secondary N) is 3. The minimum atomic E-state index is -0.178. The van der Waals surface area contributed by atoms with Crippen LogP contribution in [0.4, 0.5) is 0 Å². The summed E-state index contributed by atoms with van der Waals surface area (Å²) in [6.07, 6.45) is 5.59. The number of amides is 2. The smallest absolute Gasteiger partial charge is 0.268 e. The summed E-state index contributed by atoms with van der Waals surface area (Å²) in [5.41, 5.74) is 4.05. The first-order valence-corrected chi connectivity index (χ1v) is 8.49. The molecule has 3 aromatic rings. The molecule has 0 atom stereocenters. The molecule has 3 N–H and O–H groups in total. The second-order valence-corrected chi connectivity index (χ2v) is 6.17. The van der Waals surface area contributed by atoms with E-state index < -0.39 is 0 Å². The zero-order valence-corrected chi connectivity index (χ0v) is 14.1. The van der Waals surface area contributed by atoms with E-state index in [0.717, 1.165) is 27.6 Å². The molecule has 0 spiro atoms. The first kappa shape index (κ1) is 16.1. The third-order valence-electron chi connectivity index (χ3n) is 4.46. The van der Waals surface area contributed by atoms with Crippen molar-refractivity contribution in [2.75, 3.05) is 6.54 Å². The lowest BCUT2D eigenvalue weighted by atomic mass is 9.99. The van der Waals surface area contributed by atoms with Gasteiger partial charge in [0.1, 0.15) is 5.69 Å². The molecule has 0 saturated heterocycles. The highest BCUT2D eigenvalue weighted by Gasteiger charge is 2.23. The van der Waals surface area contributed by atoms with Crippen LogP contribution in [0.25, 0.3) is 16.5 Å². The molecular formula is C20H18N4O2. The molecule has 0 unspecified atom stereocenters. The van der Waals surface area contributed by atoms with Gasteiger partial charge in [0.2, 0.25) is 5.91 Å². The van der Waals surface area contributed by atoms with E-state index in [-0.39, 0.29) is 11.8 Å². The molecule has 0 saturated carbocycles. The Morgan fingerprint density at radius 1 is 1.19 bits per heavy atom.